The lowest BCUT2D eigenvalue weighted by molar-refractivity contribution is -0.130. The van der Waals surface area contributed by atoms with Gasteiger partial charge in [-0.1, -0.05) is 5.57 Å². The highest BCUT2D eigenvalue weighted by atomic mass is 16.6. The molecule has 7 nitrogen and oxygen atoms in total. The average Bonchev–Trinajstić information content (AvgIpc) is 2.42. The number of nitrogens with one attached hydrogen (secondary N) is 2. The van der Waals surface area contributed by atoms with Crippen molar-refractivity contribution in [2.45, 2.75) is 53.1 Å². The van der Waals surface area contributed by atoms with Crippen LogP contribution in [-0.4, -0.2) is 41.5 Å². The normalized spacial score (nSPS) is 18.0. The fourth-order valence-electron chi connectivity index (χ4n) is 2.21. The summed E-state index contributed by atoms with van der Waals surface area (Å²) in [4.78, 5) is 37.2. The average molecular weight is 325 g/mol. The van der Waals surface area contributed by atoms with Gasteiger partial charge in [-0.3, -0.25) is 20.4 Å². The molecule has 1 aliphatic heterocycles. The van der Waals surface area contributed by atoms with Crippen molar-refractivity contribution in [3.05, 3.63) is 11.6 Å². The molecule has 1 heterocycles. The monoisotopic (exact) mass is 325 g/mol. The van der Waals surface area contributed by atoms with E-state index >= 15 is 0 Å². The maximum Gasteiger partial charge on any atom is 0.410 e. The first-order valence-corrected chi connectivity index (χ1v) is 7.81. The summed E-state index contributed by atoms with van der Waals surface area (Å²) in [5.41, 5.74) is 5.02. The molecule has 0 aliphatic carbocycles. The Labute approximate surface area is 137 Å². The van der Waals surface area contributed by atoms with Crippen LogP contribution in [0.1, 0.15) is 47.5 Å². The third-order valence-electron chi connectivity index (χ3n) is 3.17. The van der Waals surface area contributed by atoms with Gasteiger partial charge in [0.15, 0.2) is 0 Å². The second kappa shape index (κ2) is 7.99. The Kier molecular flexibility index (Phi) is 6.60. The molecular weight excluding hydrogens is 298 g/mol. The molecular formula is C16H27N3O4. The van der Waals surface area contributed by atoms with Crippen LogP contribution in [0.25, 0.3) is 0 Å². The molecule has 0 saturated carbocycles. The molecule has 1 saturated heterocycles. The predicted molar refractivity (Wildman–Crippen MR) is 86.2 cm³/mol. The van der Waals surface area contributed by atoms with Gasteiger partial charge in [-0.2, -0.15) is 0 Å². The minimum absolute atomic E-state index is 0.291. The summed E-state index contributed by atoms with van der Waals surface area (Å²) in [6.07, 6.45) is 2.38. The van der Waals surface area contributed by atoms with Gasteiger partial charge in [0.25, 0.3) is 5.91 Å². The number of allylic oxidation sites excluding steroid dienone is 1. The number of nitrogens with zero attached hydrogens (tertiary/aromatic N) is 1. The zero-order valence-electron chi connectivity index (χ0n) is 14.6. The van der Waals surface area contributed by atoms with E-state index < -0.39 is 11.7 Å². The molecule has 7 heteroatoms. The fourth-order valence-corrected chi connectivity index (χ4v) is 2.21. The lowest BCUT2D eigenvalue weighted by Crippen LogP contribution is -2.50. The van der Waals surface area contributed by atoms with Crippen LogP contribution in [0.15, 0.2) is 11.6 Å². The van der Waals surface area contributed by atoms with E-state index in [1.54, 1.807) is 34.6 Å². The summed E-state index contributed by atoms with van der Waals surface area (Å²) in [6, 6.07) is 0. The zero-order chi connectivity index (χ0) is 17.6. The van der Waals surface area contributed by atoms with Crippen molar-refractivity contribution in [3.63, 3.8) is 0 Å². The Morgan fingerprint density at radius 1 is 1.17 bits per heavy atom. The fraction of sp³-hybridized carbons (Fsp3) is 0.688. The molecule has 2 N–H and O–H groups in total. The van der Waals surface area contributed by atoms with Gasteiger partial charge in [-0.05, 0) is 47.5 Å². The summed E-state index contributed by atoms with van der Waals surface area (Å²) < 4.78 is 5.32. The first-order valence-electron chi connectivity index (χ1n) is 7.81. The van der Waals surface area contributed by atoms with Crippen LogP contribution in [0.4, 0.5) is 4.79 Å². The number of amides is 3. The van der Waals surface area contributed by atoms with Crippen LogP contribution in [0.2, 0.25) is 0 Å². The minimum atomic E-state index is -0.565. The van der Waals surface area contributed by atoms with Crippen LogP contribution in [0.3, 0.4) is 0 Å². The predicted octanol–water partition coefficient (Wildman–Crippen LogP) is 1.75. The topological polar surface area (TPSA) is 87.7 Å². The van der Waals surface area contributed by atoms with E-state index in [9.17, 15) is 14.4 Å². The van der Waals surface area contributed by atoms with E-state index in [2.05, 4.69) is 10.9 Å². The van der Waals surface area contributed by atoms with Gasteiger partial charge < -0.3 is 9.64 Å². The number of carbonyl (C=O) groups excluding carboxylic acids is 3. The molecule has 1 atom stereocenters. The molecule has 0 aromatic rings. The van der Waals surface area contributed by atoms with Crippen molar-refractivity contribution >= 4 is 17.9 Å². The molecule has 0 unspecified atom stereocenters. The largest absolute Gasteiger partial charge is 0.444 e. The number of ether oxygens (including phenoxy) is 1. The number of hydrazine groups is 1. The number of likely N-dealkylation sites (tertiary alicyclic amines) is 1. The van der Waals surface area contributed by atoms with Gasteiger partial charge in [0.1, 0.15) is 5.60 Å². The van der Waals surface area contributed by atoms with Crippen LogP contribution in [-0.2, 0) is 14.3 Å². The SMILES string of the molecule is CC(C)=CC(=O)NNC(=O)[C@H]1CCCN(C(=O)OC(C)(C)C)C1. The maximum absolute atomic E-state index is 12.1. The smallest absolute Gasteiger partial charge is 0.410 e. The summed E-state index contributed by atoms with van der Waals surface area (Å²) >= 11 is 0. The molecule has 130 valence electrons. The van der Waals surface area contributed by atoms with E-state index in [-0.39, 0.29) is 17.7 Å². The molecule has 0 radical (unpaired) electrons. The Morgan fingerprint density at radius 3 is 2.39 bits per heavy atom. The number of hydrogen-bond acceptors (Lipinski definition) is 4. The Bertz CT molecular complexity index is 490. The molecule has 1 fully saturated rings. The first-order chi connectivity index (χ1) is 10.6. The van der Waals surface area contributed by atoms with Crippen molar-refractivity contribution in [1.29, 1.82) is 0 Å². The lowest BCUT2D eigenvalue weighted by Gasteiger charge is -2.33. The third kappa shape index (κ3) is 7.17. The third-order valence-corrected chi connectivity index (χ3v) is 3.17. The zero-order valence-corrected chi connectivity index (χ0v) is 14.6. The molecule has 1 rings (SSSR count). The second-order valence-corrected chi connectivity index (χ2v) is 6.97. The van der Waals surface area contributed by atoms with Crippen LogP contribution in [0, 0.1) is 5.92 Å². The van der Waals surface area contributed by atoms with Crippen LogP contribution in [0.5, 0.6) is 0 Å². The second-order valence-electron chi connectivity index (χ2n) is 6.97. The van der Waals surface area contributed by atoms with Gasteiger partial charge >= 0.3 is 6.09 Å². The van der Waals surface area contributed by atoms with Crippen LogP contribution < -0.4 is 10.9 Å². The van der Waals surface area contributed by atoms with Gasteiger partial charge in [0.2, 0.25) is 5.91 Å². The van der Waals surface area contributed by atoms with E-state index in [0.29, 0.717) is 19.5 Å². The quantitative estimate of drug-likeness (QED) is 0.598. The molecule has 0 spiro atoms. The number of piperidine rings is 1. The molecule has 0 aromatic heterocycles. The summed E-state index contributed by atoms with van der Waals surface area (Å²) in [7, 11) is 0. The van der Waals surface area contributed by atoms with E-state index in [0.717, 1.165) is 12.0 Å². The Balaban J connectivity index is 2.51. The highest BCUT2D eigenvalue weighted by Crippen LogP contribution is 2.19. The Hall–Kier alpha value is -2.05. The molecule has 0 aromatic carbocycles. The maximum atomic E-state index is 12.1. The molecule has 1 aliphatic rings. The Morgan fingerprint density at radius 2 is 1.83 bits per heavy atom. The van der Waals surface area contributed by atoms with Crippen molar-refractivity contribution in [2.75, 3.05) is 13.1 Å². The summed E-state index contributed by atoms with van der Waals surface area (Å²) in [5.74, 6) is -1.03. The summed E-state index contributed by atoms with van der Waals surface area (Å²) in [5, 5.41) is 0. The van der Waals surface area contributed by atoms with Gasteiger partial charge in [0, 0.05) is 19.2 Å². The van der Waals surface area contributed by atoms with E-state index in [1.807, 2.05) is 0 Å². The highest BCUT2D eigenvalue weighted by Gasteiger charge is 2.31. The van der Waals surface area contributed by atoms with Crippen molar-refractivity contribution in [3.8, 4) is 0 Å². The van der Waals surface area contributed by atoms with Gasteiger partial charge in [0.05, 0.1) is 5.92 Å². The van der Waals surface area contributed by atoms with Gasteiger partial charge in [-0.25, -0.2) is 4.79 Å². The number of carbonyl (C=O) groups is 3. The lowest BCUT2D eigenvalue weighted by atomic mass is 9.98. The number of hydrogen-bond donors (Lipinski definition) is 2. The van der Waals surface area contributed by atoms with Crippen LogP contribution >= 0.6 is 0 Å². The minimum Gasteiger partial charge on any atom is -0.444 e. The summed E-state index contributed by atoms with van der Waals surface area (Å²) in [6.45, 7) is 9.86. The molecule has 3 amide bonds. The highest BCUT2D eigenvalue weighted by molar-refractivity contribution is 5.90. The van der Waals surface area contributed by atoms with Crippen molar-refractivity contribution in [1.82, 2.24) is 15.8 Å². The molecule has 23 heavy (non-hydrogen) atoms. The molecule has 0 bridgehead atoms. The number of rotatable bonds is 2. The standard InChI is InChI=1S/C16H27N3O4/c1-11(2)9-13(20)17-18-14(21)12-7-6-8-19(10-12)15(22)23-16(3,4)5/h9,12H,6-8,10H2,1-5H3,(H,17,20)(H,18,21)/t12-/m0/s1. The van der Waals surface area contributed by atoms with Crippen molar-refractivity contribution in [2.24, 2.45) is 5.92 Å². The first kappa shape index (κ1) is 19.0. The van der Waals surface area contributed by atoms with Gasteiger partial charge in [-0.15, -0.1) is 0 Å². The van der Waals surface area contributed by atoms with E-state index in [4.69, 9.17) is 4.74 Å². The van der Waals surface area contributed by atoms with Crippen molar-refractivity contribution < 1.29 is 19.1 Å². The van der Waals surface area contributed by atoms with E-state index in [1.165, 1.54) is 11.0 Å².